The van der Waals surface area contributed by atoms with Crippen molar-refractivity contribution in [3.63, 3.8) is 0 Å². The Balaban J connectivity index is 2.37. The molecule has 0 saturated heterocycles. The van der Waals surface area contributed by atoms with Gasteiger partial charge in [0.25, 0.3) is 0 Å². The highest BCUT2D eigenvalue weighted by Gasteiger charge is 2.43. The first-order chi connectivity index (χ1) is 8.02. The standard InChI is InChI=1S/C13H13F3S/c14-13(15,16)17-12(9-5-2-6-10-12)11-7-3-1-4-8-11/h1,3-5,7-9H,2,6,10H2. The molecule has 0 fully saturated rings. The van der Waals surface area contributed by atoms with E-state index in [0.717, 1.165) is 18.4 Å². The van der Waals surface area contributed by atoms with Crippen LogP contribution in [0.3, 0.4) is 0 Å². The van der Waals surface area contributed by atoms with Gasteiger partial charge in [-0.25, -0.2) is 0 Å². The number of hydrogen-bond donors (Lipinski definition) is 0. The predicted octanol–water partition coefficient (Wildman–Crippen LogP) is 4.88. The number of allylic oxidation sites excluding steroid dienone is 1. The van der Waals surface area contributed by atoms with Crippen LogP contribution in [0.5, 0.6) is 0 Å². The molecule has 0 heterocycles. The summed E-state index contributed by atoms with van der Waals surface area (Å²) in [5.74, 6) is 0. The van der Waals surface area contributed by atoms with Gasteiger partial charge in [0.1, 0.15) is 0 Å². The fourth-order valence-electron chi connectivity index (χ4n) is 2.15. The van der Waals surface area contributed by atoms with Crippen LogP contribution in [0.4, 0.5) is 13.2 Å². The van der Waals surface area contributed by atoms with E-state index in [-0.39, 0.29) is 11.8 Å². The van der Waals surface area contributed by atoms with Crippen LogP contribution in [-0.4, -0.2) is 5.51 Å². The normalized spacial score (nSPS) is 24.9. The quantitative estimate of drug-likeness (QED) is 0.682. The third kappa shape index (κ3) is 3.06. The molecule has 0 aromatic heterocycles. The molecule has 4 heteroatoms. The van der Waals surface area contributed by atoms with Crippen LogP contribution in [-0.2, 0) is 4.75 Å². The molecular formula is C13H13F3S. The highest BCUT2D eigenvalue weighted by molar-refractivity contribution is 8.01. The molecule has 0 nitrogen and oxygen atoms in total. The summed E-state index contributed by atoms with van der Waals surface area (Å²) in [5.41, 5.74) is -3.48. The second-order valence-corrected chi connectivity index (χ2v) is 5.49. The van der Waals surface area contributed by atoms with Crippen LogP contribution < -0.4 is 0 Å². The molecule has 1 aliphatic rings. The summed E-state index contributed by atoms with van der Waals surface area (Å²) in [6.07, 6.45) is 5.78. The topological polar surface area (TPSA) is 0 Å². The maximum atomic E-state index is 12.7. The van der Waals surface area contributed by atoms with E-state index in [1.165, 1.54) is 0 Å². The summed E-state index contributed by atoms with van der Waals surface area (Å²) in [5, 5.41) is 0. The number of alkyl halides is 3. The SMILES string of the molecule is FC(F)(F)SC1(c2ccccc2)C=CCCC1. The van der Waals surface area contributed by atoms with Gasteiger partial charge in [-0.2, -0.15) is 13.2 Å². The molecule has 0 saturated carbocycles. The highest BCUT2D eigenvalue weighted by atomic mass is 32.2. The molecule has 17 heavy (non-hydrogen) atoms. The largest absolute Gasteiger partial charge is 0.442 e. The summed E-state index contributed by atoms with van der Waals surface area (Å²) < 4.78 is 37.2. The number of hydrogen-bond acceptors (Lipinski definition) is 1. The van der Waals surface area contributed by atoms with Crippen LogP contribution >= 0.6 is 11.8 Å². The van der Waals surface area contributed by atoms with E-state index in [2.05, 4.69) is 0 Å². The fourth-order valence-corrected chi connectivity index (χ4v) is 3.23. The lowest BCUT2D eigenvalue weighted by Crippen LogP contribution is -2.25. The van der Waals surface area contributed by atoms with Crippen molar-refractivity contribution in [2.24, 2.45) is 0 Å². The molecule has 0 aliphatic heterocycles. The van der Waals surface area contributed by atoms with Gasteiger partial charge in [-0.3, -0.25) is 0 Å². The first-order valence-corrected chi connectivity index (χ1v) is 6.34. The van der Waals surface area contributed by atoms with Crippen molar-refractivity contribution in [1.82, 2.24) is 0 Å². The fraction of sp³-hybridized carbons (Fsp3) is 0.385. The third-order valence-corrected chi connectivity index (χ3v) is 4.04. The van der Waals surface area contributed by atoms with Gasteiger partial charge in [0.05, 0.1) is 4.75 Å². The number of rotatable bonds is 2. The van der Waals surface area contributed by atoms with Crippen LogP contribution in [0, 0.1) is 0 Å². The first kappa shape index (κ1) is 12.6. The van der Waals surface area contributed by atoms with E-state index >= 15 is 0 Å². The van der Waals surface area contributed by atoms with Gasteiger partial charge in [-0.1, -0.05) is 42.5 Å². The van der Waals surface area contributed by atoms with Crippen LogP contribution in [0.25, 0.3) is 0 Å². The molecule has 1 unspecified atom stereocenters. The zero-order chi connectivity index (χ0) is 12.4. The summed E-state index contributed by atoms with van der Waals surface area (Å²) in [7, 11) is 0. The predicted molar refractivity (Wildman–Crippen MR) is 64.8 cm³/mol. The number of thioether (sulfide) groups is 1. The van der Waals surface area contributed by atoms with Crippen molar-refractivity contribution in [2.75, 3.05) is 0 Å². The summed E-state index contributed by atoms with van der Waals surface area (Å²) in [6.45, 7) is 0. The van der Waals surface area contributed by atoms with Crippen LogP contribution in [0.1, 0.15) is 24.8 Å². The lowest BCUT2D eigenvalue weighted by Gasteiger charge is -2.33. The number of benzene rings is 1. The molecule has 0 radical (unpaired) electrons. The van der Waals surface area contributed by atoms with Gasteiger partial charge in [0, 0.05) is 0 Å². The Morgan fingerprint density at radius 3 is 2.35 bits per heavy atom. The maximum absolute atomic E-state index is 12.7. The van der Waals surface area contributed by atoms with E-state index in [1.54, 1.807) is 30.3 Å². The Morgan fingerprint density at radius 2 is 1.82 bits per heavy atom. The summed E-state index contributed by atoms with van der Waals surface area (Å²) in [6, 6.07) is 8.94. The van der Waals surface area contributed by atoms with E-state index < -0.39 is 10.3 Å². The van der Waals surface area contributed by atoms with Gasteiger partial charge < -0.3 is 0 Å². The van der Waals surface area contributed by atoms with Crippen molar-refractivity contribution in [3.05, 3.63) is 48.0 Å². The van der Waals surface area contributed by atoms with Crippen LogP contribution in [0.15, 0.2) is 42.5 Å². The van der Waals surface area contributed by atoms with E-state index in [4.69, 9.17) is 0 Å². The molecule has 1 aromatic carbocycles. The second kappa shape index (κ2) is 4.77. The van der Waals surface area contributed by atoms with E-state index in [1.807, 2.05) is 12.1 Å². The van der Waals surface area contributed by atoms with Gasteiger partial charge in [0.2, 0.25) is 0 Å². The average molecular weight is 258 g/mol. The van der Waals surface area contributed by atoms with Crippen LogP contribution in [0.2, 0.25) is 0 Å². The van der Waals surface area contributed by atoms with Gasteiger partial charge in [0.15, 0.2) is 0 Å². The molecule has 2 rings (SSSR count). The summed E-state index contributed by atoms with van der Waals surface area (Å²) >= 11 is 0.0914. The van der Waals surface area contributed by atoms with Crippen molar-refractivity contribution in [1.29, 1.82) is 0 Å². The Labute approximate surface area is 103 Å². The molecule has 1 atom stereocenters. The molecule has 0 spiro atoms. The van der Waals surface area contributed by atoms with E-state index in [9.17, 15) is 13.2 Å². The zero-order valence-corrected chi connectivity index (χ0v) is 10.0. The highest BCUT2D eigenvalue weighted by Crippen LogP contribution is 2.51. The second-order valence-electron chi connectivity index (χ2n) is 4.10. The monoisotopic (exact) mass is 258 g/mol. The zero-order valence-electron chi connectivity index (χ0n) is 9.20. The van der Waals surface area contributed by atoms with Gasteiger partial charge in [-0.05, 0) is 36.6 Å². The summed E-state index contributed by atoms with van der Waals surface area (Å²) in [4.78, 5) is 0. The smallest absolute Gasteiger partial charge is 0.160 e. The van der Waals surface area contributed by atoms with Gasteiger partial charge in [-0.15, -0.1) is 0 Å². The number of halogens is 3. The van der Waals surface area contributed by atoms with Crippen molar-refractivity contribution < 1.29 is 13.2 Å². The lowest BCUT2D eigenvalue weighted by atomic mass is 9.88. The molecule has 92 valence electrons. The molecule has 0 N–H and O–H groups in total. The third-order valence-electron chi connectivity index (χ3n) is 2.87. The minimum Gasteiger partial charge on any atom is -0.160 e. The average Bonchev–Trinajstić information content (AvgIpc) is 2.29. The molecule has 0 bridgehead atoms. The lowest BCUT2D eigenvalue weighted by molar-refractivity contribution is -0.0341. The minimum absolute atomic E-state index is 0.0914. The Morgan fingerprint density at radius 1 is 1.12 bits per heavy atom. The Kier molecular flexibility index (Phi) is 3.52. The molecule has 1 aromatic rings. The van der Waals surface area contributed by atoms with Crippen molar-refractivity contribution in [3.8, 4) is 0 Å². The Hall–Kier alpha value is -0.900. The van der Waals surface area contributed by atoms with E-state index in [0.29, 0.717) is 6.42 Å². The molecule has 0 amide bonds. The first-order valence-electron chi connectivity index (χ1n) is 5.52. The van der Waals surface area contributed by atoms with Crippen molar-refractivity contribution in [2.45, 2.75) is 29.5 Å². The Bertz CT molecular complexity index is 397. The van der Waals surface area contributed by atoms with Crippen molar-refractivity contribution >= 4 is 11.8 Å². The minimum atomic E-state index is -4.21. The molecular weight excluding hydrogens is 245 g/mol. The molecule has 1 aliphatic carbocycles. The maximum Gasteiger partial charge on any atom is 0.442 e. The van der Waals surface area contributed by atoms with Gasteiger partial charge >= 0.3 is 5.51 Å².